The van der Waals surface area contributed by atoms with Crippen molar-refractivity contribution in [1.29, 1.82) is 0 Å². The molecule has 2 aromatic rings. The Kier molecular flexibility index (Phi) is 42.3. The molecule has 144 heavy (non-hydrogen) atoms. The molecule has 9 aliphatic heterocycles. The number of amides is 6. The average Bonchev–Trinajstić information content (AvgIpc) is 1.00. The number of hydrogen-bond donors (Lipinski definition) is 5. The number of benzene rings is 1. The smallest absolute Gasteiger partial charge is 0.320 e. The van der Waals surface area contributed by atoms with Crippen molar-refractivity contribution in [3.05, 3.63) is 36.2 Å². The summed E-state index contributed by atoms with van der Waals surface area (Å²) in [6.07, 6.45) is 49.1. The minimum Gasteiger partial charge on any atom is -0.480 e. The molecule has 0 bridgehead atoms. The molecule has 9 saturated heterocycles. The van der Waals surface area contributed by atoms with Crippen LogP contribution in [0, 0.1) is 155 Å². The maximum atomic E-state index is 11.9. The lowest BCUT2D eigenvalue weighted by molar-refractivity contribution is -0.147. The zero-order chi connectivity index (χ0) is 104. The quantitative estimate of drug-likeness (QED) is 0.0823. The molecule has 9 aliphatic carbocycles. The van der Waals surface area contributed by atoms with E-state index in [1.807, 2.05) is 38.0 Å². The summed E-state index contributed by atoms with van der Waals surface area (Å²) in [6, 6.07) is 10.1. The molecule has 1 aromatic heterocycles. The zero-order valence-electron chi connectivity index (χ0n) is 95.8. The van der Waals surface area contributed by atoms with Gasteiger partial charge in [-0.1, -0.05) is 148 Å². The van der Waals surface area contributed by atoms with Crippen molar-refractivity contribution in [2.24, 2.45) is 172 Å². The van der Waals surface area contributed by atoms with E-state index >= 15 is 0 Å². The molecule has 10 heterocycles. The molecule has 0 radical (unpaired) electrons. The van der Waals surface area contributed by atoms with Crippen LogP contribution >= 0.6 is 0 Å². The van der Waals surface area contributed by atoms with Gasteiger partial charge < -0.3 is 66.1 Å². The topological polar surface area (TPSA) is 286 Å². The number of rotatable bonds is 20. The van der Waals surface area contributed by atoms with Gasteiger partial charge in [0, 0.05) is 150 Å². The second-order valence-corrected chi connectivity index (χ2v) is 55.8. The average molecular weight is 2010 g/mol. The van der Waals surface area contributed by atoms with Gasteiger partial charge in [0.2, 0.25) is 11.8 Å². The molecule has 1 aromatic carbocycles. The fraction of sp³-hybridized carbons (Fsp3) is 0.900. The number of anilines is 1. The highest BCUT2D eigenvalue weighted by Gasteiger charge is 2.54. The number of carbonyl (C=O) groups is 5. The van der Waals surface area contributed by atoms with Crippen LogP contribution in [0.2, 0.25) is 0 Å². The molecule has 9 saturated carbocycles. The summed E-state index contributed by atoms with van der Waals surface area (Å²) in [5, 5.41) is 22.9. The summed E-state index contributed by atoms with van der Waals surface area (Å²) >= 11 is 0. The highest BCUT2D eigenvalue weighted by atomic mass is 16.5. The van der Waals surface area contributed by atoms with Crippen LogP contribution in [0.3, 0.4) is 0 Å². The number of aromatic nitrogens is 4. The molecule has 20 rings (SSSR count). The number of likely N-dealkylation sites (tertiary alicyclic amines) is 6. The van der Waals surface area contributed by atoms with Crippen LogP contribution in [0.1, 0.15) is 362 Å². The number of ether oxygens (including phenoxy) is 2. The zero-order valence-corrected chi connectivity index (χ0v) is 95.8. The molecule has 6 amide bonds. The second-order valence-electron chi connectivity index (χ2n) is 55.8. The van der Waals surface area contributed by atoms with E-state index in [0.29, 0.717) is 74.2 Å². The van der Waals surface area contributed by atoms with E-state index in [-0.39, 0.29) is 18.0 Å². The summed E-state index contributed by atoms with van der Waals surface area (Å²) < 4.78 is 10.6. The Morgan fingerprint density at radius 3 is 0.965 bits per heavy atom. The van der Waals surface area contributed by atoms with Crippen LogP contribution in [0.25, 0.3) is 0 Å². The normalized spacial score (nSPS) is 28.4. The van der Waals surface area contributed by atoms with E-state index in [9.17, 15) is 24.0 Å². The Morgan fingerprint density at radius 2 is 0.688 bits per heavy atom. The SMILES string of the molecule is CC(C)C1CCC2(CC1)CN(C(=O)CN(C)C)C2.CC(C)C1CCC2(CC1)CN(C(=O)N(C)C)C2.CC(C)C1CCC2(CC1)CN(C(N)=O)C2.CC(C)C1CCC2(CC1)CN(CC(N)=O)C2.CC(C)C1CCC2(CC1)CN(CCC(N)C(=O)O)C2.CC(C)C1CCC2(CC1)CN(Cc1nn[nH]n1)C2.CC(C)C1CCC2(CC1)CN(c1ccccc1)C2.CC(C)C1CCC2(CC1)COC2.CC(C)C1CCC2(COC2)C1. The number of nitrogens with two attached hydrogens (primary N) is 3. The molecular weight excluding hydrogens is 1790 g/mol. The number of tetrazole rings is 1. The molecule has 18 aliphatic rings. The fourth-order valence-corrected chi connectivity index (χ4v) is 29.9. The van der Waals surface area contributed by atoms with Crippen molar-refractivity contribution in [2.45, 2.75) is 368 Å². The first-order chi connectivity index (χ1) is 68.1. The number of aliphatic carboxylic acids is 1. The number of nitrogens with one attached hydrogen (secondary N) is 1. The van der Waals surface area contributed by atoms with Crippen molar-refractivity contribution >= 4 is 35.5 Å². The van der Waals surface area contributed by atoms with E-state index in [0.717, 1.165) is 217 Å². The third-order valence-electron chi connectivity index (χ3n) is 41.2. The van der Waals surface area contributed by atoms with E-state index in [1.54, 1.807) is 9.80 Å². The van der Waals surface area contributed by atoms with Crippen LogP contribution < -0.4 is 22.1 Å². The standard InChI is InChI=1S/C17H25N.C15H28N2O2.C15H28N2O.C14H26N2O.C13H23N5.C13H24N2O.C12H22N2O.C11H20O.C10H18O/c1-14(2)15-8-10-17(11-9-15)12-18(13-17)16-6-4-3-5-7-16;1-11(2)12-3-6-15(7-4-12)9-17(10-15)8-5-13(16)14(18)19;1-12(2)13-5-7-15(8-6-13)10-17(11-15)14(18)9-16(3)4;1-11(2)12-5-7-14(8-6-12)9-16(10-14)13(17)15(3)4;1-10(2)11-3-5-13(6-4-11)8-18(9-13)7-12-14-16-17-15-12;1-10(2)11-3-5-13(6-4-11)8-15(9-13)7-12(14)16;1-9(2)10-3-5-12(6-4-10)7-14(8-12)11(13)15;1-9(2)10-3-5-11(6-4-10)7-12-8-11;1-8(2)9-3-4-10(5-9)6-11-7-10/h3-7,14-15H,8-13H2,1-2H3;11-13H,3-10,16H2,1-2H3,(H,18,19);12-13H,5-11H2,1-4H3;11-12H,5-10H2,1-4H3;10-11H,3-9H2,1-2H3,(H,14,15,16,17);10-11H,3-9H2,1-2H3,(H2,14,16);9-10H,3-8H2,1-2H3,(H2,13,15);9-10H,3-8H2,1-2H3;8-9H,3-7H2,1-2H3. The van der Waals surface area contributed by atoms with Crippen molar-refractivity contribution < 1.29 is 38.6 Å². The molecular formula is C120H214N16O8. The number of hydrogen-bond acceptors (Lipinski definition) is 16. The van der Waals surface area contributed by atoms with Gasteiger partial charge in [0.25, 0.3) is 0 Å². The minimum absolute atomic E-state index is 0.182. The number of likely N-dealkylation sites (N-methyl/N-ethyl adjacent to an activating group) is 1. The lowest BCUT2D eigenvalue weighted by Gasteiger charge is -2.55. The molecule has 24 heteroatoms. The van der Waals surface area contributed by atoms with Crippen LogP contribution in [-0.4, -0.2) is 267 Å². The van der Waals surface area contributed by atoms with Crippen LogP contribution in [0.15, 0.2) is 30.3 Å². The third kappa shape index (κ3) is 32.2. The largest absolute Gasteiger partial charge is 0.480 e. The first-order valence-corrected chi connectivity index (χ1v) is 59.1. The summed E-state index contributed by atoms with van der Waals surface area (Å²) in [4.78, 5) is 75.1. The molecule has 822 valence electrons. The summed E-state index contributed by atoms with van der Waals surface area (Å²) in [7, 11) is 7.59. The predicted octanol–water partition coefficient (Wildman–Crippen LogP) is 22.3. The van der Waals surface area contributed by atoms with E-state index in [1.165, 1.54) is 257 Å². The van der Waals surface area contributed by atoms with Crippen LogP contribution in [0.4, 0.5) is 15.3 Å². The number of nitrogens with zero attached hydrogens (tertiary/aromatic N) is 12. The lowest BCUT2D eigenvalue weighted by Crippen LogP contribution is -2.61. The second kappa shape index (κ2) is 51.9. The Labute approximate surface area is 876 Å². The summed E-state index contributed by atoms with van der Waals surface area (Å²) in [5.41, 5.74) is 22.5. The van der Waals surface area contributed by atoms with Crippen molar-refractivity contribution in [3.63, 3.8) is 0 Å². The van der Waals surface area contributed by atoms with Gasteiger partial charge in [0.15, 0.2) is 5.82 Å². The summed E-state index contributed by atoms with van der Waals surface area (Å²) in [5.74, 6) is 16.2. The third-order valence-corrected chi connectivity index (χ3v) is 41.2. The number of primary amides is 2. The van der Waals surface area contributed by atoms with Gasteiger partial charge in [0.1, 0.15) is 6.04 Å². The lowest BCUT2D eigenvalue weighted by atomic mass is 9.64. The molecule has 8 N–H and O–H groups in total. The van der Waals surface area contributed by atoms with Crippen molar-refractivity contribution in [3.8, 4) is 0 Å². The Hall–Kier alpha value is -5.24. The number of urea groups is 2. The number of carboxylic acids is 1. The number of carboxylic acid groups (broad SMARTS) is 1. The van der Waals surface area contributed by atoms with Gasteiger partial charge in [-0.15, -0.1) is 10.2 Å². The highest BCUT2D eigenvalue weighted by molar-refractivity contribution is 5.79. The van der Waals surface area contributed by atoms with Gasteiger partial charge in [-0.2, -0.15) is 5.21 Å². The monoisotopic (exact) mass is 2010 g/mol. The molecule has 2 atom stereocenters. The van der Waals surface area contributed by atoms with Crippen LogP contribution in [0.5, 0.6) is 0 Å². The van der Waals surface area contributed by atoms with Gasteiger partial charge in [-0.05, 0) is 380 Å². The Bertz CT molecular complexity index is 4100. The van der Waals surface area contributed by atoms with Gasteiger partial charge >= 0.3 is 18.0 Å². The number of carbonyl (C=O) groups excluding carboxylic acids is 4. The maximum absolute atomic E-state index is 11.9. The first kappa shape index (κ1) is 117. The Morgan fingerprint density at radius 1 is 0.389 bits per heavy atom. The minimum atomic E-state index is -0.882. The molecule has 24 nitrogen and oxygen atoms in total. The molecule has 2 unspecified atom stereocenters. The summed E-state index contributed by atoms with van der Waals surface area (Å²) in [6.45, 7) is 64.6. The number of aromatic amines is 1. The van der Waals surface area contributed by atoms with E-state index in [4.69, 9.17) is 31.8 Å². The maximum Gasteiger partial charge on any atom is 0.320 e. The fourth-order valence-electron chi connectivity index (χ4n) is 29.9. The predicted molar refractivity (Wildman–Crippen MR) is 587 cm³/mol. The molecule has 9 spiro atoms. The molecule has 18 fully saturated rings. The van der Waals surface area contributed by atoms with Crippen molar-refractivity contribution in [2.75, 3.05) is 171 Å². The Balaban J connectivity index is 0.000000145. The van der Waals surface area contributed by atoms with Gasteiger partial charge in [-0.3, -0.25) is 24.2 Å². The number of para-hydroxylation sites is 1. The van der Waals surface area contributed by atoms with E-state index < -0.39 is 12.0 Å². The number of H-pyrrole nitrogens is 1. The van der Waals surface area contributed by atoms with Crippen molar-refractivity contribution in [1.82, 2.24) is 59.8 Å². The van der Waals surface area contributed by atoms with Gasteiger partial charge in [0.05, 0.1) is 46.1 Å². The first-order valence-electron chi connectivity index (χ1n) is 59.1. The van der Waals surface area contributed by atoms with Crippen LogP contribution in [-0.2, 0) is 30.4 Å². The van der Waals surface area contributed by atoms with Gasteiger partial charge in [-0.25, -0.2) is 9.59 Å². The highest BCUT2D eigenvalue weighted by Crippen LogP contribution is 2.56. The van der Waals surface area contributed by atoms with E-state index in [2.05, 4.69) is 200 Å².